The highest BCUT2D eigenvalue weighted by molar-refractivity contribution is 5.91. The van der Waals surface area contributed by atoms with Crippen LogP contribution in [0, 0.1) is 19.8 Å². The minimum absolute atomic E-state index is 0.238. The highest BCUT2D eigenvalue weighted by Crippen LogP contribution is 2.48. The van der Waals surface area contributed by atoms with E-state index >= 15 is 0 Å². The van der Waals surface area contributed by atoms with E-state index in [-0.39, 0.29) is 11.3 Å². The molecule has 3 rings (SSSR count). The quantitative estimate of drug-likeness (QED) is 0.874. The van der Waals surface area contributed by atoms with E-state index in [1.807, 2.05) is 0 Å². The van der Waals surface area contributed by atoms with Crippen LogP contribution in [0.4, 0.5) is 0 Å². The molecule has 0 radical (unpaired) electrons. The molecule has 1 saturated heterocycles. The molecule has 1 amide bonds. The van der Waals surface area contributed by atoms with E-state index in [1.165, 1.54) is 42.6 Å². The van der Waals surface area contributed by atoms with Crippen LogP contribution in [-0.4, -0.2) is 37.0 Å². The van der Waals surface area contributed by atoms with Crippen molar-refractivity contribution in [3.05, 3.63) is 34.9 Å². The topological polar surface area (TPSA) is 32.3 Å². The van der Waals surface area contributed by atoms with Gasteiger partial charge in [0.05, 0.1) is 5.41 Å². The number of aryl methyl sites for hydroxylation is 2. The molecule has 1 saturated carbocycles. The zero-order valence-corrected chi connectivity index (χ0v) is 14.8. The van der Waals surface area contributed by atoms with Gasteiger partial charge in [-0.3, -0.25) is 4.79 Å². The second kappa shape index (κ2) is 6.64. The average molecular weight is 314 g/mol. The number of amides is 1. The third-order valence-corrected chi connectivity index (χ3v) is 5.42. The number of benzene rings is 1. The Kier molecular flexibility index (Phi) is 4.77. The molecule has 3 nitrogen and oxygen atoms in total. The van der Waals surface area contributed by atoms with Crippen molar-refractivity contribution in [1.82, 2.24) is 10.2 Å². The standard InChI is InChI=1S/C20H30N2O/c1-4-8-22-9-5-17(14-22)13-21-19(23)20(6-7-20)18-11-15(2)10-16(3)12-18/h10-12,17H,4-9,13-14H2,1-3H3,(H,21,23)/t17-/m1/s1. The second-order valence-electron chi connectivity index (χ2n) is 7.62. The van der Waals surface area contributed by atoms with Crippen LogP contribution in [0.2, 0.25) is 0 Å². The van der Waals surface area contributed by atoms with Gasteiger partial charge in [-0.2, -0.15) is 0 Å². The monoisotopic (exact) mass is 314 g/mol. The summed E-state index contributed by atoms with van der Waals surface area (Å²) in [5, 5.41) is 3.26. The van der Waals surface area contributed by atoms with Gasteiger partial charge in [0.15, 0.2) is 0 Å². The zero-order valence-electron chi connectivity index (χ0n) is 14.8. The van der Waals surface area contributed by atoms with Crippen molar-refractivity contribution in [1.29, 1.82) is 0 Å². The molecule has 0 aromatic heterocycles. The molecular weight excluding hydrogens is 284 g/mol. The molecule has 1 aromatic rings. The summed E-state index contributed by atoms with van der Waals surface area (Å²) in [6.07, 6.45) is 4.43. The van der Waals surface area contributed by atoms with E-state index in [0.717, 1.165) is 25.9 Å². The van der Waals surface area contributed by atoms with Gasteiger partial charge in [-0.15, -0.1) is 0 Å². The molecule has 0 spiro atoms. The molecule has 1 heterocycles. The van der Waals surface area contributed by atoms with Crippen molar-refractivity contribution in [2.45, 2.75) is 51.9 Å². The number of nitrogens with one attached hydrogen (secondary N) is 1. The molecule has 1 N–H and O–H groups in total. The van der Waals surface area contributed by atoms with Gasteiger partial charge < -0.3 is 10.2 Å². The van der Waals surface area contributed by atoms with Gasteiger partial charge in [0.25, 0.3) is 0 Å². The van der Waals surface area contributed by atoms with Crippen LogP contribution in [0.3, 0.4) is 0 Å². The third-order valence-electron chi connectivity index (χ3n) is 5.42. The Morgan fingerprint density at radius 3 is 2.57 bits per heavy atom. The number of nitrogens with zero attached hydrogens (tertiary/aromatic N) is 1. The largest absolute Gasteiger partial charge is 0.355 e. The van der Waals surface area contributed by atoms with Gasteiger partial charge in [0.2, 0.25) is 5.91 Å². The van der Waals surface area contributed by atoms with Gasteiger partial charge in [-0.25, -0.2) is 0 Å². The maximum absolute atomic E-state index is 12.8. The highest BCUT2D eigenvalue weighted by Gasteiger charge is 2.51. The summed E-state index contributed by atoms with van der Waals surface area (Å²) in [6, 6.07) is 6.56. The molecule has 1 aliphatic carbocycles. The van der Waals surface area contributed by atoms with Crippen molar-refractivity contribution >= 4 is 5.91 Å². The summed E-state index contributed by atoms with van der Waals surface area (Å²) in [7, 11) is 0. The summed E-state index contributed by atoms with van der Waals surface area (Å²) in [5.74, 6) is 0.872. The number of rotatable bonds is 6. The van der Waals surface area contributed by atoms with Crippen LogP contribution in [0.25, 0.3) is 0 Å². The van der Waals surface area contributed by atoms with Crippen LogP contribution in [0.1, 0.15) is 49.3 Å². The summed E-state index contributed by atoms with van der Waals surface area (Å²) in [5.41, 5.74) is 3.49. The zero-order chi connectivity index (χ0) is 16.4. The minimum Gasteiger partial charge on any atom is -0.355 e. The summed E-state index contributed by atoms with van der Waals surface area (Å²) in [6.45, 7) is 10.8. The van der Waals surface area contributed by atoms with E-state index in [0.29, 0.717) is 5.92 Å². The van der Waals surface area contributed by atoms with Crippen molar-refractivity contribution < 1.29 is 4.79 Å². The van der Waals surface area contributed by atoms with Crippen LogP contribution in [0.5, 0.6) is 0 Å². The van der Waals surface area contributed by atoms with E-state index in [4.69, 9.17) is 0 Å². The molecule has 2 aliphatic rings. The van der Waals surface area contributed by atoms with Crippen LogP contribution in [-0.2, 0) is 10.2 Å². The van der Waals surface area contributed by atoms with Gasteiger partial charge in [-0.1, -0.05) is 36.2 Å². The van der Waals surface area contributed by atoms with Crippen LogP contribution in [0.15, 0.2) is 18.2 Å². The summed E-state index contributed by atoms with van der Waals surface area (Å²) in [4.78, 5) is 15.3. The smallest absolute Gasteiger partial charge is 0.230 e. The first kappa shape index (κ1) is 16.5. The lowest BCUT2D eigenvalue weighted by atomic mass is 9.92. The first-order valence-electron chi connectivity index (χ1n) is 9.13. The second-order valence-corrected chi connectivity index (χ2v) is 7.62. The fraction of sp³-hybridized carbons (Fsp3) is 0.650. The summed E-state index contributed by atoms with van der Waals surface area (Å²) >= 11 is 0. The van der Waals surface area contributed by atoms with Crippen molar-refractivity contribution in [3.63, 3.8) is 0 Å². The fourth-order valence-electron chi connectivity index (χ4n) is 4.03. The Morgan fingerprint density at radius 1 is 1.26 bits per heavy atom. The van der Waals surface area contributed by atoms with Crippen molar-refractivity contribution in [2.24, 2.45) is 5.92 Å². The molecule has 0 bridgehead atoms. The normalized spacial score (nSPS) is 23.0. The molecule has 1 aromatic carbocycles. The molecule has 1 aliphatic heterocycles. The minimum atomic E-state index is -0.238. The fourth-order valence-corrected chi connectivity index (χ4v) is 4.03. The predicted octanol–water partition coefficient (Wildman–Crippen LogP) is 3.18. The van der Waals surface area contributed by atoms with Crippen LogP contribution >= 0.6 is 0 Å². The van der Waals surface area contributed by atoms with Gasteiger partial charge >= 0.3 is 0 Å². The maximum Gasteiger partial charge on any atom is 0.230 e. The molecule has 126 valence electrons. The number of carbonyl (C=O) groups is 1. The average Bonchev–Trinajstić information content (AvgIpc) is 3.20. The Morgan fingerprint density at radius 2 is 1.96 bits per heavy atom. The lowest BCUT2D eigenvalue weighted by molar-refractivity contribution is -0.123. The van der Waals surface area contributed by atoms with Gasteiger partial charge in [-0.05, 0) is 64.1 Å². The Balaban J connectivity index is 1.58. The van der Waals surface area contributed by atoms with Crippen LogP contribution < -0.4 is 5.32 Å². The molecule has 3 heteroatoms. The van der Waals surface area contributed by atoms with E-state index in [1.54, 1.807) is 0 Å². The Bertz CT molecular complexity index is 557. The molecule has 1 atom stereocenters. The van der Waals surface area contributed by atoms with E-state index in [2.05, 4.69) is 49.2 Å². The van der Waals surface area contributed by atoms with Gasteiger partial charge in [0, 0.05) is 13.1 Å². The lowest BCUT2D eigenvalue weighted by Gasteiger charge is -2.19. The van der Waals surface area contributed by atoms with E-state index < -0.39 is 0 Å². The molecule has 23 heavy (non-hydrogen) atoms. The van der Waals surface area contributed by atoms with Crippen molar-refractivity contribution in [3.8, 4) is 0 Å². The molecule has 0 unspecified atom stereocenters. The van der Waals surface area contributed by atoms with Gasteiger partial charge in [0.1, 0.15) is 0 Å². The summed E-state index contributed by atoms with van der Waals surface area (Å²) < 4.78 is 0. The van der Waals surface area contributed by atoms with E-state index in [9.17, 15) is 4.79 Å². The Hall–Kier alpha value is -1.35. The number of hydrogen-bond donors (Lipinski definition) is 1. The molecular formula is C20H30N2O. The van der Waals surface area contributed by atoms with Crippen molar-refractivity contribution in [2.75, 3.05) is 26.2 Å². The predicted molar refractivity (Wildman–Crippen MR) is 94.7 cm³/mol. The first-order chi connectivity index (χ1) is 11.0. The molecule has 2 fully saturated rings. The highest BCUT2D eigenvalue weighted by atomic mass is 16.2. The number of hydrogen-bond acceptors (Lipinski definition) is 2. The SMILES string of the molecule is CCCN1CC[C@H](CNC(=O)C2(c3cc(C)cc(C)c3)CC2)C1. The lowest BCUT2D eigenvalue weighted by Crippen LogP contribution is -2.38. The number of carbonyl (C=O) groups excluding carboxylic acids is 1. The third kappa shape index (κ3) is 3.60. The Labute approximate surface area is 140 Å². The first-order valence-corrected chi connectivity index (χ1v) is 9.13. The maximum atomic E-state index is 12.8. The number of likely N-dealkylation sites (tertiary alicyclic amines) is 1.